The number of fused-ring (bicyclic) bond motifs is 1. The minimum Gasteiger partial charge on any atom is -0.364 e. The third kappa shape index (κ3) is 4.19. The SMILES string of the molecule is C[C@@H]1CN(c2cc(=O)n(C)c3ccc(C#N)nc23)[C@@H](C)CN1CCc1ccc(C2CC2)cc1F. The molecular formula is C27H30FN5O. The van der Waals surface area contributed by atoms with Gasteiger partial charge in [-0.25, -0.2) is 9.37 Å². The number of halogens is 1. The number of hydrogen-bond donors (Lipinski definition) is 0. The molecule has 2 aliphatic rings. The Morgan fingerprint density at radius 2 is 1.91 bits per heavy atom. The fraction of sp³-hybridized carbons (Fsp3) is 0.444. The highest BCUT2D eigenvalue weighted by molar-refractivity contribution is 5.89. The molecule has 2 atom stereocenters. The van der Waals surface area contributed by atoms with Gasteiger partial charge in [0.15, 0.2) is 0 Å². The zero-order chi connectivity index (χ0) is 24.0. The first-order chi connectivity index (χ1) is 16.4. The van der Waals surface area contributed by atoms with Crippen molar-refractivity contribution in [3.8, 4) is 6.07 Å². The van der Waals surface area contributed by atoms with Crippen LogP contribution in [-0.2, 0) is 13.5 Å². The topological polar surface area (TPSA) is 65.2 Å². The van der Waals surface area contributed by atoms with Crippen molar-refractivity contribution in [1.82, 2.24) is 14.5 Å². The third-order valence-corrected chi connectivity index (χ3v) is 7.40. The largest absolute Gasteiger partial charge is 0.364 e. The summed E-state index contributed by atoms with van der Waals surface area (Å²) >= 11 is 0. The highest BCUT2D eigenvalue weighted by Crippen LogP contribution is 2.40. The molecule has 2 fully saturated rings. The molecule has 0 spiro atoms. The Balaban J connectivity index is 1.35. The Bertz CT molecular complexity index is 1340. The van der Waals surface area contributed by atoms with Crippen LogP contribution in [0.15, 0.2) is 41.2 Å². The van der Waals surface area contributed by atoms with Crippen molar-refractivity contribution in [2.75, 3.05) is 24.5 Å². The molecule has 0 N–H and O–H groups in total. The minimum absolute atomic E-state index is 0.0882. The third-order valence-electron chi connectivity index (χ3n) is 7.40. The summed E-state index contributed by atoms with van der Waals surface area (Å²) in [6.07, 6.45) is 3.03. The summed E-state index contributed by atoms with van der Waals surface area (Å²) in [7, 11) is 1.72. The van der Waals surface area contributed by atoms with Gasteiger partial charge in [-0.05, 0) is 68.4 Å². The number of rotatable bonds is 5. The van der Waals surface area contributed by atoms with Crippen molar-refractivity contribution >= 4 is 16.7 Å². The zero-order valence-electron chi connectivity index (χ0n) is 20.0. The Morgan fingerprint density at radius 3 is 2.62 bits per heavy atom. The number of anilines is 1. The molecule has 6 nitrogen and oxygen atoms in total. The van der Waals surface area contributed by atoms with Crippen molar-refractivity contribution in [3.63, 3.8) is 0 Å². The van der Waals surface area contributed by atoms with Gasteiger partial charge in [0, 0.05) is 44.8 Å². The average Bonchev–Trinajstić information content (AvgIpc) is 3.67. The van der Waals surface area contributed by atoms with Gasteiger partial charge in [0.25, 0.3) is 5.56 Å². The van der Waals surface area contributed by atoms with E-state index in [1.54, 1.807) is 35.9 Å². The first kappa shape index (κ1) is 22.5. The second-order valence-corrected chi connectivity index (χ2v) is 9.82. The number of piperazine rings is 1. The van der Waals surface area contributed by atoms with Crippen LogP contribution in [0.1, 0.15) is 49.4 Å². The van der Waals surface area contributed by atoms with Crippen LogP contribution in [0.5, 0.6) is 0 Å². The van der Waals surface area contributed by atoms with E-state index >= 15 is 0 Å². The van der Waals surface area contributed by atoms with Gasteiger partial charge in [0.05, 0.1) is 11.2 Å². The average molecular weight is 460 g/mol. The van der Waals surface area contributed by atoms with Crippen molar-refractivity contribution in [2.24, 2.45) is 7.05 Å². The van der Waals surface area contributed by atoms with Crippen molar-refractivity contribution in [3.05, 3.63) is 69.4 Å². The van der Waals surface area contributed by atoms with Crippen LogP contribution in [0.4, 0.5) is 10.1 Å². The number of hydrogen-bond acceptors (Lipinski definition) is 5. The lowest BCUT2D eigenvalue weighted by molar-refractivity contribution is 0.168. The van der Waals surface area contributed by atoms with Gasteiger partial charge >= 0.3 is 0 Å². The summed E-state index contributed by atoms with van der Waals surface area (Å²) in [4.78, 5) is 21.8. The monoisotopic (exact) mass is 459 g/mol. The number of benzene rings is 1. The lowest BCUT2D eigenvalue weighted by atomic mass is 10.0. The molecule has 34 heavy (non-hydrogen) atoms. The van der Waals surface area contributed by atoms with Crippen molar-refractivity contribution < 1.29 is 4.39 Å². The van der Waals surface area contributed by atoms with Crippen LogP contribution in [-0.4, -0.2) is 46.2 Å². The number of aryl methyl sites for hydroxylation is 1. The van der Waals surface area contributed by atoms with Crippen LogP contribution in [0.3, 0.4) is 0 Å². The Morgan fingerprint density at radius 1 is 1.12 bits per heavy atom. The second-order valence-electron chi connectivity index (χ2n) is 9.82. The van der Waals surface area contributed by atoms with E-state index in [1.807, 2.05) is 6.07 Å². The quantitative estimate of drug-likeness (QED) is 0.578. The summed E-state index contributed by atoms with van der Waals surface area (Å²) in [5, 5.41) is 9.34. The van der Waals surface area contributed by atoms with E-state index < -0.39 is 0 Å². The molecule has 1 saturated heterocycles. The lowest BCUT2D eigenvalue weighted by Gasteiger charge is -2.45. The molecule has 1 aromatic carbocycles. The summed E-state index contributed by atoms with van der Waals surface area (Å²) in [5.74, 6) is 0.469. The predicted octanol–water partition coefficient (Wildman–Crippen LogP) is 3.96. The first-order valence-electron chi connectivity index (χ1n) is 12.1. The molecule has 176 valence electrons. The molecule has 1 aliphatic carbocycles. The predicted molar refractivity (Wildman–Crippen MR) is 132 cm³/mol. The maximum absolute atomic E-state index is 14.6. The van der Waals surface area contributed by atoms with Gasteiger partial charge < -0.3 is 9.47 Å². The van der Waals surface area contributed by atoms with Crippen molar-refractivity contribution in [2.45, 2.75) is 51.1 Å². The molecule has 5 rings (SSSR count). The van der Waals surface area contributed by atoms with E-state index in [-0.39, 0.29) is 23.5 Å². The highest BCUT2D eigenvalue weighted by atomic mass is 19.1. The van der Waals surface area contributed by atoms with Gasteiger partial charge in [-0.15, -0.1) is 0 Å². The first-order valence-corrected chi connectivity index (χ1v) is 12.1. The van der Waals surface area contributed by atoms with Gasteiger partial charge in [-0.2, -0.15) is 5.26 Å². The van der Waals surface area contributed by atoms with E-state index in [4.69, 9.17) is 0 Å². The van der Waals surface area contributed by atoms with E-state index in [9.17, 15) is 14.4 Å². The Labute approximate surface area is 199 Å². The fourth-order valence-corrected chi connectivity index (χ4v) is 5.14. The maximum atomic E-state index is 14.6. The minimum atomic E-state index is -0.0959. The lowest BCUT2D eigenvalue weighted by Crippen LogP contribution is -2.57. The van der Waals surface area contributed by atoms with Crippen LogP contribution < -0.4 is 10.5 Å². The molecule has 0 bridgehead atoms. The van der Waals surface area contributed by atoms with E-state index in [2.05, 4.69) is 40.8 Å². The van der Waals surface area contributed by atoms with Crippen LogP contribution in [0.25, 0.3) is 11.0 Å². The molecule has 0 unspecified atom stereocenters. The number of nitriles is 1. The maximum Gasteiger partial charge on any atom is 0.252 e. The molecule has 0 amide bonds. The normalized spacial score (nSPS) is 21.1. The Kier molecular flexibility index (Phi) is 5.86. The zero-order valence-corrected chi connectivity index (χ0v) is 20.0. The van der Waals surface area contributed by atoms with Crippen molar-refractivity contribution in [1.29, 1.82) is 5.26 Å². The van der Waals surface area contributed by atoms with Gasteiger partial charge in [-0.1, -0.05) is 12.1 Å². The fourth-order valence-electron chi connectivity index (χ4n) is 5.14. The van der Waals surface area contributed by atoms with E-state index in [0.29, 0.717) is 29.1 Å². The second kappa shape index (κ2) is 8.84. The van der Waals surface area contributed by atoms with E-state index in [0.717, 1.165) is 36.4 Å². The van der Waals surface area contributed by atoms with Crippen LogP contribution in [0.2, 0.25) is 0 Å². The smallest absolute Gasteiger partial charge is 0.252 e. The molecule has 3 aromatic rings. The highest BCUT2D eigenvalue weighted by Gasteiger charge is 2.31. The number of nitrogens with zero attached hydrogens (tertiary/aromatic N) is 5. The number of aromatic nitrogens is 2. The molecule has 0 radical (unpaired) electrons. The molecule has 1 aliphatic heterocycles. The Hall–Kier alpha value is -3.24. The summed E-state index contributed by atoms with van der Waals surface area (Å²) in [6, 6.07) is 13.3. The molecule has 3 heterocycles. The van der Waals surface area contributed by atoms with Gasteiger partial charge in [-0.3, -0.25) is 9.69 Å². The van der Waals surface area contributed by atoms with Gasteiger partial charge in [0.1, 0.15) is 23.1 Å². The molecule has 1 saturated carbocycles. The summed E-state index contributed by atoms with van der Waals surface area (Å²) < 4.78 is 16.2. The summed E-state index contributed by atoms with van der Waals surface area (Å²) in [6.45, 7) is 6.62. The number of pyridine rings is 2. The summed E-state index contributed by atoms with van der Waals surface area (Å²) in [5.41, 5.74) is 4.31. The van der Waals surface area contributed by atoms with Crippen LogP contribution >= 0.6 is 0 Å². The van der Waals surface area contributed by atoms with Crippen LogP contribution in [0, 0.1) is 17.1 Å². The molecular weight excluding hydrogens is 429 g/mol. The molecule has 7 heteroatoms. The standard InChI is InChI=1S/C27H30FN5O/c1-17-16-33(25-13-26(34)31(3)24-9-8-22(14-29)30-27(24)25)18(2)15-32(17)11-10-20-6-7-21(12-23(20)28)19-4-5-19/h6-9,12-13,17-19H,4-5,10-11,15-16H2,1-3H3/t17-,18+/m1/s1. The molecule has 2 aromatic heterocycles. The van der Waals surface area contributed by atoms with E-state index in [1.165, 1.54) is 12.8 Å². The van der Waals surface area contributed by atoms with Gasteiger partial charge in [0.2, 0.25) is 0 Å².